The van der Waals surface area contributed by atoms with Gasteiger partial charge in [0.1, 0.15) is 11.0 Å². The third kappa shape index (κ3) is 3.62. The Bertz CT molecular complexity index is 430. The molecule has 0 aromatic heterocycles. The minimum Gasteiger partial charge on any atom is -0.497 e. The Kier molecular flexibility index (Phi) is 4.02. The van der Waals surface area contributed by atoms with E-state index in [2.05, 4.69) is 31.5 Å². The highest BCUT2D eigenvalue weighted by molar-refractivity contribution is 6.79. The first kappa shape index (κ1) is 13.8. The van der Waals surface area contributed by atoms with Gasteiger partial charge in [0.2, 0.25) is 0 Å². The molecule has 0 aliphatic rings. The molecular formula is C14H20O2Si. The lowest BCUT2D eigenvalue weighted by Gasteiger charge is -2.30. The molecule has 1 rings (SSSR count). The third-order valence-corrected chi connectivity index (χ3v) is 6.05. The molecule has 1 unspecified atom stereocenters. The minimum absolute atomic E-state index is 0.813. The molecule has 0 fully saturated rings. The summed E-state index contributed by atoms with van der Waals surface area (Å²) in [5.74, 6) is 6.81. The van der Waals surface area contributed by atoms with Gasteiger partial charge in [-0.15, -0.1) is 0 Å². The molecule has 1 aromatic carbocycles. The van der Waals surface area contributed by atoms with Crippen LogP contribution >= 0.6 is 0 Å². The fourth-order valence-electron chi connectivity index (χ4n) is 1.06. The van der Waals surface area contributed by atoms with Gasteiger partial charge in [-0.25, -0.2) is 0 Å². The Hall–Kier alpha value is -1.24. The number of ether oxygens (including phenoxy) is 1. The van der Waals surface area contributed by atoms with Crippen molar-refractivity contribution in [1.29, 1.82) is 0 Å². The largest absolute Gasteiger partial charge is 0.497 e. The molecule has 17 heavy (non-hydrogen) atoms. The second-order valence-corrected chi connectivity index (χ2v) is 10.8. The molecule has 0 saturated carbocycles. The smallest absolute Gasteiger partial charge is 0.118 e. The Balaban J connectivity index is 2.91. The van der Waals surface area contributed by atoms with Crippen molar-refractivity contribution >= 4 is 8.07 Å². The van der Waals surface area contributed by atoms with E-state index in [9.17, 15) is 5.11 Å². The fraction of sp³-hybridized carbons (Fsp3) is 0.429. The Morgan fingerprint density at radius 1 is 1.18 bits per heavy atom. The van der Waals surface area contributed by atoms with Crippen LogP contribution in [-0.2, 0) is 0 Å². The second kappa shape index (κ2) is 4.95. The Morgan fingerprint density at radius 3 is 2.12 bits per heavy atom. The maximum atomic E-state index is 10.3. The van der Waals surface area contributed by atoms with Gasteiger partial charge in [0, 0.05) is 5.56 Å². The summed E-state index contributed by atoms with van der Waals surface area (Å²) in [6.45, 7) is 8.12. The molecule has 0 radical (unpaired) electrons. The zero-order chi connectivity index (χ0) is 13.1. The lowest BCUT2D eigenvalue weighted by atomic mass is 10.2. The summed E-state index contributed by atoms with van der Waals surface area (Å²) in [5.41, 5.74) is 0.893. The predicted octanol–water partition coefficient (Wildman–Crippen LogP) is 2.68. The average molecular weight is 248 g/mol. The van der Waals surface area contributed by atoms with Crippen LogP contribution in [0, 0.1) is 11.8 Å². The molecule has 0 heterocycles. The van der Waals surface area contributed by atoms with Gasteiger partial charge in [0.05, 0.1) is 15.2 Å². The second-order valence-electron chi connectivity index (χ2n) is 5.30. The number of aliphatic hydroxyl groups is 1. The molecule has 0 spiro atoms. The van der Waals surface area contributed by atoms with Gasteiger partial charge in [-0.3, -0.25) is 0 Å². The monoisotopic (exact) mass is 248 g/mol. The molecule has 0 bridgehead atoms. The fourth-order valence-corrected chi connectivity index (χ4v) is 1.49. The van der Waals surface area contributed by atoms with Gasteiger partial charge < -0.3 is 9.84 Å². The molecule has 1 atom stereocenters. The molecule has 0 amide bonds. The quantitative estimate of drug-likeness (QED) is 0.644. The summed E-state index contributed by atoms with van der Waals surface area (Å²) in [6.07, 6.45) is 0. The summed E-state index contributed by atoms with van der Waals surface area (Å²) in [7, 11) is -0.0636. The van der Waals surface area contributed by atoms with Gasteiger partial charge in [-0.2, -0.15) is 0 Å². The summed E-state index contributed by atoms with van der Waals surface area (Å²) in [4.78, 5) is 0. The van der Waals surface area contributed by atoms with Crippen LogP contribution < -0.4 is 4.74 Å². The summed E-state index contributed by atoms with van der Waals surface area (Å²) in [5, 5.41) is 9.41. The van der Waals surface area contributed by atoms with Gasteiger partial charge in [-0.05, 0) is 31.2 Å². The zero-order valence-electron chi connectivity index (χ0n) is 11.2. The van der Waals surface area contributed by atoms with Crippen LogP contribution in [0.4, 0.5) is 0 Å². The van der Waals surface area contributed by atoms with E-state index >= 15 is 0 Å². The van der Waals surface area contributed by atoms with E-state index in [0.29, 0.717) is 0 Å². The third-order valence-electron chi connectivity index (χ3n) is 3.00. The van der Waals surface area contributed by atoms with E-state index < -0.39 is 13.3 Å². The van der Waals surface area contributed by atoms with Gasteiger partial charge >= 0.3 is 0 Å². The highest BCUT2D eigenvalue weighted by atomic mass is 28.3. The van der Waals surface area contributed by atoms with Crippen LogP contribution in [-0.4, -0.2) is 25.5 Å². The SMILES string of the molecule is COc1ccc(C#CC(C)(O)[Si](C)(C)C)cc1. The molecule has 2 nitrogen and oxygen atoms in total. The molecule has 0 aliphatic carbocycles. The van der Waals surface area contributed by atoms with E-state index in [4.69, 9.17) is 4.74 Å². The molecule has 0 saturated heterocycles. The van der Waals surface area contributed by atoms with E-state index in [0.717, 1.165) is 11.3 Å². The van der Waals surface area contributed by atoms with Crippen LogP contribution in [0.3, 0.4) is 0 Å². The zero-order valence-corrected chi connectivity index (χ0v) is 12.2. The van der Waals surface area contributed by atoms with E-state index in [1.165, 1.54) is 0 Å². The van der Waals surface area contributed by atoms with Crippen molar-refractivity contribution in [2.24, 2.45) is 0 Å². The summed E-state index contributed by atoms with van der Waals surface area (Å²) >= 11 is 0. The van der Waals surface area contributed by atoms with E-state index in [1.807, 2.05) is 24.3 Å². The van der Waals surface area contributed by atoms with E-state index in [-0.39, 0.29) is 0 Å². The average Bonchev–Trinajstić information content (AvgIpc) is 2.25. The first-order chi connectivity index (χ1) is 7.76. The standard InChI is InChI=1S/C14H20O2Si/c1-14(15,17(3,4)5)11-10-12-6-8-13(16-2)9-7-12/h6-9,15H,1-5H3. The van der Waals surface area contributed by atoms with Crippen LogP contribution in [0.5, 0.6) is 5.75 Å². The highest BCUT2D eigenvalue weighted by Crippen LogP contribution is 2.19. The maximum absolute atomic E-state index is 10.3. The van der Waals surface area contributed by atoms with Crippen LogP contribution in [0.25, 0.3) is 0 Å². The number of methoxy groups -OCH3 is 1. The van der Waals surface area contributed by atoms with Crippen molar-refractivity contribution < 1.29 is 9.84 Å². The Labute approximate surface area is 105 Å². The number of benzene rings is 1. The number of hydrogen-bond acceptors (Lipinski definition) is 2. The molecule has 1 aromatic rings. The predicted molar refractivity (Wildman–Crippen MR) is 73.8 cm³/mol. The number of hydrogen-bond donors (Lipinski definition) is 1. The first-order valence-corrected chi connectivity index (χ1v) is 9.16. The maximum Gasteiger partial charge on any atom is 0.118 e. The van der Waals surface area contributed by atoms with Crippen molar-refractivity contribution in [3.63, 3.8) is 0 Å². The van der Waals surface area contributed by atoms with E-state index in [1.54, 1.807) is 14.0 Å². The van der Waals surface area contributed by atoms with Crippen molar-refractivity contribution in [2.45, 2.75) is 31.8 Å². The lowest BCUT2D eigenvalue weighted by molar-refractivity contribution is 0.197. The van der Waals surface area contributed by atoms with Crippen LogP contribution in [0.15, 0.2) is 24.3 Å². The molecule has 1 N–H and O–H groups in total. The van der Waals surface area contributed by atoms with Crippen LogP contribution in [0.2, 0.25) is 19.6 Å². The van der Waals surface area contributed by atoms with Crippen molar-refractivity contribution in [3.05, 3.63) is 29.8 Å². The first-order valence-electron chi connectivity index (χ1n) is 5.66. The topological polar surface area (TPSA) is 29.5 Å². The molecule has 0 aliphatic heterocycles. The lowest BCUT2D eigenvalue weighted by Crippen LogP contribution is -2.48. The van der Waals surface area contributed by atoms with Crippen molar-refractivity contribution in [3.8, 4) is 17.6 Å². The molecular weight excluding hydrogens is 228 g/mol. The van der Waals surface area contributed by atoms with Gasteiger partial charge in [0.15, 0.2) is 0 Å². The summed E-state index contributed by atoms with van der Waals surface area (Å²) in [6, 6.07) is 7.53. The normalized spacial score (nSPS) is 14.5. The minimum atomic E-state index is -1.70. The Morgan fingerprint density at radius 2 is 1.71 bits per heavy atom. The van der Waals surface area contributed by atoms with Gasteiger partial charge in [0.25, 0.3) is 0 Å². The molecule has 92 valence electrons. The number of rotatable bonds is 2. The summed E-state index contributed by atoms with van der Waals surface area (Å²) < 4.78 is 5.08. The van der Waals surface area contributed by atoms with Gasteiger partial charge in [-0.1, -0.05) is 31.5 Å². The highest BCUT2D eigenvalue weighted by Gasteiger charge is 2.35. The van der Waals surface area contributed by atoms with Crippen LogP contribution in [0.1, 0.15) is 12.5 Å². The molecule has 3 heteroatoms. The van der Waals surface area contributed by atoms with Crippen molar-refractivity contribution in [1.82, 2.24) is 0 Å². The van der Waals surface area contributed by atoms with Crippen molar-refractivity contribution in [2.75, 3.05) is 7.11 Å².